The molecule has 0 amide bonds. The van der Waals surface area contributed by atoms with Crippen LogP contribution in [0.5, 0.6) is 11.5 Å². The Kier molecular flexibility index (Phi) is 13.1. The van der Waals surface area contributed by atoms with Crippen molar-refractivity contribution < 1.29 is 77.4 Å². The predicted molar refractivity (Wildman–Crippen MR) is 231 cm³/mol. The van der Waals surface area contributed by atoms with Crippen LogP contribution < -0.4 is 0 Å². The number of hydrogen-bond acceptors (Lipinski definition) is 18. The summed E-state index contributed by atoms with van der Waals surface area (Å²) in [7, 11) is 7.48. The fourth-order valence-electron chi connectivity index (χ4n) is 11.2. The monoisotopic (exact) mass is 924 g/mol. The van der Waals surface area contributed by atoms with E-state index in [1.807, 2.05) is 51.8 Å². The Balaban J connectivity index is 1.02. The first kappa shape index (κ1) is 47.6. The number of phenols is 2. The summed E-state index contributed by atoms with van der Waals surface area (Å²) < 4.78 is 57.7. The quantitative estimate of drug-likeness (QED) is 0.226. The van der Waals surface area contributed by atoms with E-state index in [0.29, 0.717) is 6.42 Å². The molecule has 5 saturated heterocycles. The predicted octanol–water partition coefficient (Wildman–Crippen LogP) is 3.40. The third-order valence-corrected chi connectivity index (χ3v) is 14.9. The van der Waals surface area contributed by atoms with Gasteiger partial charge in [0.2, 0.25) is 0 Å². The third kappa shape index (κ3) is 8.22. The van der Waals surface area contributed by atoms with Gasteiger partial charge in [-0.1, -0.05) is 31.2 Å². The molecule has 7 aliphatic rings. The Hall–Kier alpha value is -3.47. The van der Waals surface area contributed by atoms with Crippen molar-refractivity contribution in [3.05, 3.63) is 57.6 Å². The fraction of sp³-hybridized carbons (Fsp3) is 0.688. The lowest BCUT2D eigenvalue weighted by Gasteiger charge is -2.51. The average Bonchev–Trinajstić information content (AvgIpc) is 3.26. The van der Waals surface area contributed by atoms with Crippen molar-refractivity contribution in [1.29, 1.82) is 0 Å². The second kappa shape index (κ2) is 18.1. The summed E-state index contributed by atoms with van der Waals surface area (Å²) >= 11 is 0. The molecule has 9 rings (SSSR count). The lowest BCUT2D eigenvalue weighted by molar-refractivity contribution is -0.372. The van der Waals surface area contributed by atoms with Crippen LogP contribution in [0.3, 0.4) is 0 Å². The van der Waals surface area contributed by atoms with E-state index in [2.05, 4.69) is 0 Å². The van der Waals surface area contributed by atoms with Gasteiger partial charge in [0.05, 0.1) is 53.4 Å². The molecular formula is C48H64N2O16. The number of Topliss-reactive ketones (excluding diaryl/α,β-unsaturated/α-hetero) is 1. The van der Waals surface area contributed by atoms with Crippen LogP contribution in [-0.4, -0.2) is 174 Å². The highest BCUT2D eigenvalue weighted by Crippen LogP contribution is 2.58. The van der Waals surface area contributed by atoms with Crippen molar-refractivity contribution in [3.63, 3.8) is 0 Å². The highest BCUT2D eigenvalue weighted by atomic mass is 16.8. The number of rotatable bonds is 9. The summed E-state index contributed by atoms with van der Waals surface area (Å²) in [6.07, 6.45) is -10.1. The number of likely N-dealkylation sites (N-methyl/N-ethyl adjacent to an activating group) is 2. The van der Waals surface area contributed by atoms with Crippen LogP contribution in [0.4, 0.5) is 0 Å². The summed E-state index contributed by atoms with van der Waals surface area (Å²) in [5, 5.41) is 48.5. The second-order valence-electron chi connectivity index (χ2n) is 19.6. The molecule has 2 aromatic carbocycles. The van der Waals surface area contributed by atoms with Crippen LogP contribution in [-0.2, 0) is 47.4 Å². The first-order chi connectivity index (χ1) is 31.3. The van der Waals surface area contributed by atoms with Crippen molar-refractivity contribution in [2.75, 3.05) is 28.2 Å². The molecule has 2 aromatic rings. The van der Waals surface area contributed by atoms with Gasteiger partial charge >= 0.3 is 0 Å². The van der Waals surface area contributed by atoms with E-state index < -0.39 is 127 Å². The van der Waals surface area contributed by atoms with Crippen LogP contribution >= 0.6 is 0 Å². The molecule has 18 nitrogen and oxygen atoms in total. The van der Waals surface area contributed by atoms with Crippen molar-refractivity contribution in [2.24, 2.45) is 0 Å². The van der Waals surface area contributed by atoms with E-state index in [0.717, 1.165) is 0 Å². The number of carbonyl (C=O) groups excluding carboxylic acids is 3. The number of fused-ring (bicyclic) bond motifs is 5. The Morgan fingerprint density at radius 3 is 1.91 bits per heavy atom. The minimum Gasteiger partial charge on any atom is -0.507 e. The molecule has 8 unspecified atom stereocenters. The van der Waals surface area contributed by atoms with Crippen LogP contribution in [0.25, 0.3) is 0 Å². The average molecular weight is 925 g/mol. The Morgan fingerprint density at radius 2 is 1.27 bits per heavy atom. The number of phenolic OH excluding ortho intramolecular Hbond substituents is 2. The highest BCUT2D eigenvalue weighted by Gasteiger charge is 2.55. The van der Waals surface area contributed by atoms with Gasteiger partial charge in [-0.2, -0.15) is 0 Å². The van der Waals surface area contributed by atoms with Crippen LogP contribution in [0.2, 0.25) is 0 Å². The molecule has 5 aliphatic heterocycles. The molecule has 0 aromatic heterocycles. The van der Waals surface area contributed by atoms with Crippen LogP contribution in [0, 0.1) is 0 Å². The Bertz CT molecular complexity index is 2200. The van der Waals surface area contributed by atoms with E-state index in [-0.39, 0.29) is 77.8 Å². The molecule has 4 N–H and O–H groups in total. The number of aromatic hydroxyl groups is 2. The van der Waals surface area contributed by atoms with E-state index in [9.17, 15) is 34.8 Å². The molecule has 5 heterocycles. The zero-order chi connectivity index (χ0) is 47.3. The number of aliphatic hydroxyl groups is 2. The zero-order valence-electron chi connectivity index (χ0n) is 38.9. The largest absolute Gasteiger partial charge is 0.507 e. The highest BCUT2D eigenvalue weighted by molar-refractivity contribution is 6.30. The number of ether oxygens (including phenoxy) is 9. The van der Waals surface area contributed by atoms with Gasteiger partial charge in [0.15, 0.2) is 42.5 Å². The summed E-state index contributed by atoms with van der Waals surface area (Å²) in [5.74, 6) is -2.57. The summed E-state index contributed by atoms with van der Waals surface area (Å²) in [6, 6.07) is 5.51. The molecule has 0 saturated carbocycles. The van der Waals surface area contributed by atoms with Gasteiger partial charge in [-0.15, -0.1) is 0 Å². The van der Waals surface area contributed by atoms with Gasteiger partial charge in [-0.25, -0.2) is 0 Å². The molecule has 0 spiro atoms. The maximum atomic E-state index is 14.3. The number of nitrogens with zero attached hydrogens (tertiary/aromatic N) is 2. The maximum Gasteiger partial charge on any atom is 0.198 e. The number of ketones is 3. The first-order valence-electron chi connectivity index (χ1n) is 23.2. The van der Waals surface area contributed by atoms with Crippen molar-refractivity contribution in [3.8, 4) is 11.5 Å². The van der Waals surface area contributed by atoms with Gasteiger partial charge in [-0.3, -0.25) is 14.4 Å². The number of aliphatic hydroxyl groups excluding tert-OH is 1. The molecule has 18 atom stereocenters. The number of benzene rings is 2. The molecule has 66 heavy (non-hydrogen) atoms. The van der Waals surface area contributed by atoms with Crippen molar-refractivity contribution >= 4 is 17.3 Å². The molecule has 18 heteroatoms. The summed E-state index contributed by atoms with van der Waals surface area (Å²) in [4.78, 5) is 44.8. The van der Waals surface area contributed by atoms with E-state index in [1.165, 1.54) is 12.1 Å². The molecule has 362 valence electrons. The SMILES string of the molecule is CC[C@@]1(O)C[C@H](O[C@H]2C[C@H](N(C)C)[C@H](O)[C@H](C)O2)c2c(O)c3c(c(O)c2[C@H]1OC1C[C@H](N(C)C)[C@H](OC2CC4OC5CC(=O)C(C)OC5OC4C(C)O2)[C@H](C)O1)C(=O)c1ccccc1C3=O. The lowest BCUT2D eigenvalue weighted by Crippen LogP contribution is -2.62. The molecule has 0 radical (unpaired) electrons. The van der Waals surface area contributed by atoms with E-state index >= 15 is 0 Å². The maximum absolute atomic E-state index is 14.3. The molecule has 2 aliphatic carbocycles. The fourth-order valence-corrected chi connectivity index (χ4v) is 11.2. The van der Waals surface area contributed by atoms with Crippen molar-refractivity contribution in [2.45, 2.75) is 183 Å². The normalized spacial score (nSPS) is 41.2. The number of carbonyl (C=O) groups is 3. The lowest BCUT2D eigenvalue weighted by atomic mass is 9.70. The molecule has 5 fully saturated rings. The van der Waals surface area contributed by atoms with E-state index in [1.54, 1.807) is 32.9 Å². The Morgan fingerprint density at radius 1 is 0.697 bits per heavy atom. The number of hydrogen-bond donors (Lipinski definition) is 4. The van der Waals surface area contributed by atoms with Crippen LogP contribution in [0.15, 0.2) is 24.3 Å². The standard InChI is InChI=1S/C48H64N2O16/c1-10-48(57)19-31(63-32-15-26(49(6)7)39(52)21(3)58-32)35-38(43(56)37-36(42(35)55)40(53)24-13-11-12-14-25(24)41(37)54)46(48)65-33-16-27(50(8)9)44(22(4)59-33)64-34-18-29-45(23(5)60-34)66-47-30(62-29)17-28(51)20(2)61-47/h11-14,20-23,26-27,29-34,39,44-47,52,55-57H,10,15-19H2,1-9H3/t20?,21-,22-,23?,26-,27-,29?,30?,31-,32-,33?,34?,39+,44+,45?,46+,47?,48+/m0/s1. The second-order valence-corrected chi connectivity index (χ2v) is 19.6. The zero-order valence-corrected chi connectivity index (χ0v) is 38.9. The van der Waals surface area contributed by atoms with E-state index in [4.69, 9.17) is 42.6 Å². The molecule has 0 bridgehead atoms. The van der Waals surface area contributed by atoms with Gasteiger partial charge in [-0.05, 0) is 62.3 Å². The molecular weight excluding hydrogens is 861 g/mol. The van der Waals surface area contributed by atoms with Gasteiger partial charge in [0, 0.05) is 66.4 Å². The van der Waals surface area contributed by atoms with Gasteiger partial charge in [0.25, 0.3) is 0 Å². The minimum atomic E-state index is -1.79. The van der Waals surface area contributed by atoms with Crippen molar-refractivity contribution in [1.82, 2.24) is 9.80 Å². The topological polar surface area (TPSA) is 222 Å². The summed E-state index contributed by atoms with van der Waals surface area (Å²) in [5.41, 5.74) is -2.55. The minimum absolute atomic E-state index is 0.0197. The van der Waals surface area contributed by atoms with Gasteiger partial charge < -0.3 is 72.9 Å². The first-order valence-corrected chi connectivity index (χ1v) is 23.2. The smallest absolute Gasteiger partial charge is 0.198 e. The summed E-state index contributed by atoms with van der Waals surface area (Å²) in [6.45, 7) is 8.92. The van der Waals surface area contributed by atoms with Gasteiger partial charge in [0.1, 0.15) is 42.0 Å². The third-order valence-electron chi connectivity index (χ3n) is 14.9. The van der Waals surface area contributed by atoms with Crippen LogP contribution in [0.1, 0.15) is 128 Å². The Labute approximate surface area is 384 Å².